The number of nitrogens with one attached hydrogen (secondary N) is 1. The third-order valence-corrected chi connectivity index (χ3v) is 4.73. The highest BCUT2D eigenvalue weighted by atomic mass is 16.5. The molecule has 0 bridgehead atoms. The lowest BCUT2D eigenvalue weighted by Crippen LogP contribution is -2.24. The second kappa shape index (κ2) is 11.3. The van der Waals surface area contributed by atoms with Crippen molar-refractivity contribution in [3.8, 4) is 28.8 Å². The van der Waals surface area contributed by atoms with Gasteiger partial charge in [0.15, 0.2) is 0 Å². The van der Waals surface area contributed by atoms with Gasteiger partial charge in [-0.1, -0.05) is 37.6 Å². The van der Waals surface area contributed by atoms with Crippen LogP contribution in [0.4, 0.5) is 0 Å². The highest BCUT2D eigenvalue weighted by Gasteiger charge is 2.15. The van der Waals surface area contributed by atoms with E-state index in [2.05, 4.69) is 18.8 Å². The number of nitrogens with zero attached hydrogens (tertiary/aromatic N) is 3. The summed E-state index contributed by atoms with van der Waals surface area (Å²) in [5.41, 5.74) is 3.07. The van der Waals surface area contributed by atoms with Crippen molar-refractivity contribution in [1.29, 1.82) is 5.26 Å². The SMILES string of the molecule is C=CCNC(=O)/C(C#N)=C/c1cn(-c2ccccc2)nc1-c1ccc(OCCCC)cc1. The summed E-state index contributed by atoms with van der Waals surface area (Å²) in [4.78, 5) is 12.3. The molecule has 0 radical (unpaired) electrons. The van der Waals surface area contributed by atoms with Crippen LogP contribution in [0.1, 0.15) is 25.3 Å². The van der Waals surface area contributed by atoms with Crippen LogP contribution in [-0.2, 0) is 4.79 Å². The van der Waals surface area contributed by atoms with Gasteiger partial charge in [-0.15, -0.1) is 6.58 Å². The number of aromatic nitrogens is 2. The first-order valence-corrected chi connectivity index (χ1v) is 10.6. The molecule has 32 heavy (non-hydrogen) atoms. The van der Waals surface area contributed by atoms with Gasteiger partial charge in [0.2, 0.25) is 0 Å². The minimum absolute atomic E-state index is 0.000214. The van der Waals surface area contributed by atoms with E-state index in [4.69, 9.17) is 9.84 Å². The number of rotatable bonds is 10. The molecule has 0 saturated heterocycles. The lowest BCUT2D eigenvalue weighted by Gasteiger charge is -2.06. The molecule has 0 aliphatic heterocycles. The van der Waals surface area contributed by atoms with Crippen LogP contribution in [-0.4, -0.2) is 28.8 Å². The van der Waals surface area contributed by atoms with Gasteiger partial charge in [0, 0.05) is 23.9 Å². The van der Waals surface area contributed by atoms with Crippen molar-refractivity contribution in [2.75, 3.05) is 13.2 Å². The van der Waals surface area contributed by atoms with E-state index in [0.29, 0.717) is 17.9 Å². The van der Waals surface area contributed by atoms with E-state index in [1.807, 2.05) is 66.9 Å². The largest absolute Gasteiger partial charge is 0.494 e. The molecule has 0 aliphatic carbocycles. The van der Waals surface area contributed by atoms with Gasteiger partial charge in [-0.3, -0.25) is 4.79 Å². The third-order valence-electron chi connectivity index (χ3n) is 4.73. The number of hydrogen-bond acceptors (Lipinski definition) is 4. The number of hydrogen-bond donors (Lipinski definition) is 1. The topological polar surface area (TPSA) is 79.9 Å². The highest BCUT2D eigenvalue weighted by molar-refractivity contribution is 6.02. The summed E-state index contributed by atoms with van der Waals surface area (Å²) in [5.74, 6) is 0.341. The minimum Gasteiger partial charge on any atom is -0.494 e. The molecule has 1 heterocycles. The quantitative estimate of drug-likeness (QED) is 0.216. The fourth-order valence-corrected chi connectivity index (χ4v) is 3.04. The van der Waals surface area contributed by atoms with E-state index in [9.17, 15) is 10.1 Å². The Morgan fingerprint density at radius 2 is 1.97 bits per heavy atom. The lowest BCUT2D eigenvalue weighted by atomic mass is 10.1. The Balaban J connectivity index is 1.99. The first-order chi connectivity index (χ1) is 15.7. The number of amides is 1. The monoisotopic (exact) mass is 426 g/mol. The molecule has 0 unspecified atom stereocenters. The molecular weight excluding hydrogens is 400 g/mol. The summed E-state index contributed by atoms with van der Waals surface area (Å²) in [7, 11) is 0. The van der Waals surface area contributed by atoms with Crippen LogP contribution in [0.15, 0.2) is 79.0 Å². The molecule has 0 aliphatic rings. The van der Waals surface area contributed by atoms with Crippen LogP contribution >= 0.6 is 0 Å². The van der Waals surface area contributed by atoms with E-state index in [1.54, 1.807) is 16.8 Å². The Morgan fingerprint density at radius 3 is 2.62 bits per heavy atom. The maximum atomic E-state index is 12.3. The van der Waals surface area contributed by atoms with Crippen LogP contribution in [0.2, 0.25) is 0 Å². The average Bonchev–Trinajstić information content (AvgIpc) is 3.26. The van der Waals surface area contributed by atoms with Gasteiger partial charge >= 0.3 is 0 Å². The second-order valence-corrected chi connectivity index (χ2v) is 7.11. The number of ether oxygens (including phenoxy) is 1. The first kappa shape index (κ1) is 22.6. The predicted octanol–water partition coefficient (Wildman–Crippen LogP) is 4.93. The Hall–Kier alpha value is -4.11. The highest BCUT2D eigenvalue weighted by Crippen LogP contribution is 2.27. The van der Waals surface area contributed by atoms with Gasteiger partial charge in [0.1, 0.15) is 17.4 Å². The van der Waals surface area contributed by atoms with Crippen molar-refractivity contribution in [3.05, 3.63) is 84.6 Å². The molecule has 1 N–H and O–H groups in total. The smallest absolute Gasteiger partial charge is 0.262 e. The maximum Gasteiger partial charge on any atom is 0.262 e. The van der Waals surface area contributed by atoms with Crippen molar-refractivity contribution in [1.82, 2.24) is 15.1 Å². The Morgan fingerprint density at radius 1 is 1.22 bits per heavy atom. The van der Waals surface area contributed by atoms with Gasteiger partial charge in [0.25, 0.3) is 5.91 Å². The molecule has 1 aromatic heterocycles. The molecule has 6 nitrogen and oxygen atoms in total. The zero-order valence-electron chi connectivity index (χ0n) is 18.1. The molecule has 1 amide bonds. The Bertz CT molecular complexity index is 1120. The van der Waals surface area contributed by atoms with Crippen LogP contribution in [0.5, 0.6) is 5.75 Å². The molecule has 0 saturated carbocycles. The molecule has 0 atom stereocenters. The summed E-state index contributed by atoms with van der Waals surface area (Å²) < 4.78 is 7.49. The van der Waals surface area contributed by atoms with Crippen LogP contribution in [0, 0.1) is 11.3 Å². The van der Waals surface area contributed by atoms with Crippen molar-refractivity contribution in [2.45, 2.75) is 19.8 Å². The zero-order chi connectivity index (χ0) is 22.8. The van der Waals surface area contributed by atoms with E-state index in [-0.39, 0.29) is 12.1 Å². The number of benzene rings is 2. The van der Waals surface area contributed by atoms with Crippen LogP contribution < -0.4 is 10.1 Å². The number of carbonyl (C=O) groups is 1. The molecular formula is C26H26N4O2. The summed E-state index contributed by atoms with van der Waals surface area (Å²) in [6, 6.07) is 19.3. The first-order valence-electron chi connectivity index (χ1n) is 10.6. The molecule has 3 rings (SSSR count). The number of carbonyl (C=O) groups excluding carboxylic acids is 1. The number of unbranched alkanes of at least 4 members (excludes halogenated alkanes) is 1. The second-order valence-electron chi connectivity index (χ2n) is 7.11. The summed E-state index contributed by atoms with van der Waals surface area (Å²) in [6.45, 7) is 6.67. The summed E-state index contributed by atoms with van der Waals surface area (Å²) in [5, 5.41) is 16.9. The van der Waals surface area contributed by atoms with Crippen molar-refractivity contribution in [2.24, 2.45) is 0 Å². The Labute approximate surface area is 188 Å². The number of para-hydroxylation sites is 1. The van der Waals surface area contributed by atoms with E-state index in [0.717, 1.165) is 29.8 Å². The van der Waals surface area contributed by atoms with E-state index < -0.39 is 5.91 Å². The van der Waals surface area contributed by atoms with E-state index >= 15 is 0 Å². The van der Waals surface area contributed by atoms with Crippen LogP contribution in [0.25, 0.3) is 23.0 Å². The molecule has 162 valence electrons. The summed E-state index contributed by atoms with van der Waals surface area (Å²) >= 11 is 0. The van der Waals surface area contributed by atoms with Crippen molar-refractivity contribution >= 4 is 12.0 Å². The fourth-order valence-electron chi connectivity index (χ4n) is 3.04. The van der Waals surface area contributed by atoms with Gasteiger partial charge in [-0.25, -0.2) is 4.68 Å². The normalized spacial score (nSPS) is 10.9. The van der Waals surface area contributed by atoms with Crippen molar-refractivity contribution in [3.63, 3.8) is 0 Å². The minimum atomic E-state index is -0.453. The van der Waals surface area contributed by atoms with Crippen molar-refractivity contribution < 1.29 is 9.53 Å². The Kier molecular flexibility index (Phi) is 7.99. The number of nitriles is 1. The van der Waals surface area contributed by atoms with Gasteiger partial charge in [-0.05, 0) is 48.9 Å². The van der Waals surface area contributed by atoms with Gasteiger partial charge in [-0.2, -0.15) is 10.4 Å². The fraction of sp³-hybridized carbons (Fsp3) is 0.192. The molecule has 0 spiro atoms. The molecule has 2 aromatic carbocycles. The summed E-state index contributed by atoms with van der Waals surface area (Å²) in [6.07, 6.45) is 7.02. The maximum absolute atomic E-state index is 12.3. The van der Waals surface area contributed by atoms with Crippen LogP contribution in [0.3, 0.4) is 0 Å². The molecule has 6 heteroatoms. The standard InChI is InChI=1S/C26H26N4O2/c1-3-5-16-32-24-13-11-20(12-14-24)25-22(17-21(18-27)26(31)28-15-4-2)19-30(29-25)23-9-7-6-8-10-23/h4,6-14,17,19H,2-3,5,15-16H2,1H3,(H,28,31)/b21-17+. The lowest BCUT2D eigenvalue weighted by molar-refractivity contribution is -0.116. The molecule has 3 aromatic rings. The van der Waals surface area contributed by atoms with Gasteiger partial charge < -0.3 is 10.1 Å². The predicted molar refractivity (Wildman–Crippen MR) is 126 cm³/mol. The van der Waals surface area contributed by atoms with Gasteiger partial charge in [0.05, 0.1) is 18.0 Å². The third kappa shape index (κ3) is 5.73. The average molecular weight is 427 g/mol. The zero-order valence-corrected chi connectivity index (χ0v) is 18.1. The molecule has 0 fully saturated rings. The van der Waals surface area contributed by atoms with E-state index in [1.165, 1.54) is 0 Å².